The highest BCUT2D eigenvalue weighted by molar-refractivity contribution is 7.93. The first kappa shape index (κ1) is 16.6. The lowest BCUT2D eigenvalue weighted by Crippen LogP contribution is -2.36. The number of methoxy groups -OCH3 is 2. The molecule has 2 aromatic carbocycles. The van der Waals surface area contributed by atoms with E-state index in [1.54, 1.807) is 32.4 Å². The van der Waals surface area contributed by atoms with Crippen LogP contribution in [0.25, 0.3) is 0 Å². The van der Waals surface area contributed by atoms with Gasteiger partial charge in [0, 0.05) is 13.1 Å². The summed E-state index contributed by atoms with van der Waals surface area (Å²) < 4.78 is 37.8. The monoisotopic (exact) mass is 347 g/mol. The number of sulfonamides is 1. The smallest absolute Gasteiger partial charge is 0.238 e. The van der Waals surface area contributed by atoms with E-state index in [-0.39, 0.29) is 0 Å². The van der Waals surface area contributed by atoms with Crippen molar-refractivity contribution in [3.05, 3.63) is 53.6 Å². The van der Waals surface area contributed by atoms with E-state index in [2.05, 4.69) is 0 Å². The predicted molar refractivity (Wildman–Crippen MR) is 94.5 cm³/mol. The van der Waals surface area contributed by atoms with Crippen molar-refractivity contribution in [2.45, 2.75) is 18.1 Å². The third-order valence-electron chi connectivity index (χ3n) is 4.55. The normalized spacial score (nSPS) is 14.3. The van der Waals surface area contributed by atoms with Crippen molar-refractivity contribution in [3.8, 4) is 11.5 Å². The van der Waals surface area contributed by atoms with Crippen LogP contribution in [-0.2, 0) is 22.9 Å². The highest BCUT2D eigenvalue weighted by atomic mass is 32.2. The third kappa shape index (κ3) is 2.82. The predicted octanol–water partition coefficient (Wildman–Crippen LogP) is 2.64. The molecule has 0 aromatic heterocycles. The van der Waals surface area contributed by atoms with Gasteiger partial charge in [-0.05, 0) is 36.1 Å². The Morgan fingerprint density at radius 2 is 1.54 bits per heavy atom. The first-order valence-corrected chi connectivity index (χ1v) is 9.24. The van der Waals surface area contributed by atoms with Gasteiger partial charge in [0.1, 0.15) is 0 Å². The molecule has 0 amide bonds. The molecule has 0 radical (unpaired) electrons. The molecule has 5 nitrogen and oxygen atoms in total. The largest absolute Gasteiger partial charge is 0.493 e. The maximum Gasteiger partial charge on any atom is 0.238 e. The van der Waals surface area contributed by atoms with Gasteiger partial charge in [-0.15, -0.1) is 0 Å². The number of ether oxygens (including phenoxy) is 2. The van der Waals surface area contributed by atoms with Crippen LogP contribution in [0.1, 0.15) is 11.1 Å². The van der Waals surface area contributed by atoms with Crippen LogP contribution in [0.5, 0.6) is 11.5 Å². The summed E-state index contributed by atoms with van der Waals surface area (Å²) in [4.78, 5) is 0. The van der Waals surface area contributed by atoms with E-state index in [0.717, 1.165) is 11.1 Å². The second kappa shape index (κ2) is 6.36. The number of hydrogen-bond donors (Lipinski definition) is 0. The lowest BCUT2D eigenvalue weighted by molar-refractivity contribution is 0.355. The lowest BCUT2D eigenvalue weighted by atomic mass is 10.1. The van der Waals surface area contributed by atoms with E-state index in [1.807, 2.05) is 24.3 Å². The standard InChI is InChI=1S/C18H21NO4S/c1-19(15-8-9-17(22-2)18(12-15)23-3)24(20,21)16-10-13-6-4-5-7-14(13)11-16/h4-9,12,16H,10-11H2,1-3H3. The second-order valence-corrected chi connectivity index (χ2v) is 8.10. The van der Waals surface area contributed by atoms with Crippen molar-refractivity contribution in [1.82, 2.24) is 0 Å². The van der Waals surface area contributed by atoms with Crippen LogP contribution in [0.2, 0.25) is 0 Å². The Kier molecular flexibility index (Phi) is 4.41. The minimum Gasteiger partial charge on any atom is -0.493 e. The molecule has 0 fully saturated rings. The summed E-state index contributed by atoms with van der Waals surface area (Å²) in [5, 5.41) is -0.437. The summed E-state index contributed by atoms with van der Waals surface area (Å²) in [6.45, 7) is 0. The van der Waals surface area contributed by atoms with E-state index >= 15 is 0 Å². The molecule has 1 aliphatic carbocycles. The van der Waals surface area contributed by atoms with E-state index in [9.17, 15) is 8.42 Å². The van der Waals surface area contributed by atoms with Crippen LogP contribution in [0.3, 0.4) is 0 Å². The number of fused-ring (bicyclic) bond motifs is 1. The maximum absolute atomic E-state index is 13.0. The van der Waals surface area contributed by atoms with Crippen molar-refractivity contribution >= 4 is 15.7 Å². The molecule has 0 spiro atoms. The van der Waals surface area contributed by atoms with Gasteiger partial charge in [0.25, 0.3) is 0 Å². The second-order valence-electron chi connectivity index (χ2n) is 5.85. The SMILES string of the molecule is COc1ccc(N(C)S(=O)(=O)C2Cc3ccccc3C2)cc1OC. The van der Waals surface area contributed by atoms with Gasteiger partial charge in [-0.3, -0.25) is 4.31 Å². The van der Waals surface area contributed by atoms with Crippen LogP contribution in [0, 0.1) is 0 Å². The van der Waals surface area contributed by atoms with E-state index in [4.69, 9.17) is 9.47 Å². The molecule has 0 unspecified atom stereocenters. The van der Waals surface area contributed by atoms with Gasteiger partial charge in [-0.2, -0.15) is 0 Å². The molecule has 0 aliphatic heterocycles. The average molecular weight is 347 g/mol. The molecule has 0 N–H and O–H groups in total. The number of anilines is 1. The number of benzene rings is 2. The molecule has 0 saturated heterocycles. The van der Waals surface area contributed by atoms with Crippen molar-refractivity contribution in [1.29, 1.82) is 0 Å². The van der Waals surface area contributed by atoms with Crippen molar-refractivity contribution in [3.63, 3.8) is 0 Å². The highest BCUT2D eigenvalue weighted by Gasteiger charge is 2.35. The van der Waals surface area contributed by atoms with Gasteiger partial charge in [0.15, 0.2) is 11.5 Å². The van der Waals surface area contributed by atoms with Crippen LogP contribution in [0.4, 0.5) is 5.69 Å². The molecule has 0 bridgehead atoms. The first-order chi connectivity index (χ1) is 11.5. The van der Waals surface area contributed by atoms with Gasteiger partial charge in [0.05, 0.1) is 25.2 Å². The lowest BCUT2D eigenvalue weighted by Gasteiger charge is -2.24. The van der Waals surface area contributed by atoms with E-state index < -0.39 is 15.3 Å². The summed E-state index contributed by atoms with van der Waals surface area (Å²) in [6.07, 6.45) is 1.10. The minimum atomic E-state index is -3.47. The van der Waals surface area contributed by atoms with Gasteiger partial charge < -0.3 is 9.47 Å². The molecule has 128 valence electrons. The highest BCUT2D eigenvalue weighted by Crippen LogP contribution is 2.34. The summed E-state index contributed by atoms with van der Waals surface area (Å²) >= 11 is 0. The van der Waals surface area contributed by atoms with E-state index in [1.165, 1.54) is 11.4 Å². The zero-order valence-corrected chi connectivity index (χ0v) is 14.8. The summed E-state index contributed by atoms with van der Waals surface area (Å²) in [7, 11) is 1.20. The van der Waals surface area contributed by atoms with Crippen LogP contribution in [-0.4, -0.2) is 34.9 Å². The average Bonchev–Trinajstić information content (AvgIpc) is 3.05. The van der Waals surface area contributed by atoms with Crippen molar-refractivity contribution in [2.24, 2.45) is 0 Å². The molecular formula is C18H21NO4S. The van der Waals surface area contributed by atoms with Gasteiger partial charge in [-0.25, -0.2) is 8.42 Å². The molecule has 0 heterocycles. The quantitative estimate of drug-likeness (QED) is 0.834. The summed E-state index contributed by atoms with van der Waals surface area (Å²) in [5.41, 5.74) is 2.79. The van der Waals surface area contributed by atoms with Crippen LogP contribution >= 0.6 is 0 Å². The zero-order chi connectivity index (χ0) is 17.3. The molecule has 24 heavy (non-hydrogen) atoms. The van der Waals surface area contributed by atoms with Gasteiger partial charge in [0.2, 0.25) is 10.0 Å². The van der Waals surface area contributed by atoms with Crippen LogP contribution in [0.15, 0.2) is 42.5 Å². The van der Waals surface area contributed by atoms with Gasteiger partial charge >= 0.3 is 0 Å². The van der Waals surface area contributed by atoms with Crippen molar-refractivity contribution < 1.29 is 17.9 Å². The molecule has 0 atom stereocenters. The Morgan fingerprint density at radius 3 is 2.08 bits per heavy atom. The topological polar surface area (TPSA) is 55.8 Å². The Balaban J connectivity index is 1.88. The molecule has 3 rings (SSSR count). The fraction of sp³-hybridized carbons (Fsp3) is 0.333. The Bertz CT molecular complexity index is 823. The molecule has 0 saturated carbocycles. The fourth-order valence-electron chi connectivity index (χ4n) is 3.12. The summed E-state index contributed by atoms with van der Waals surface area (Å²) in [5.74, 6) is 1.08. The maximum atomic E-state index is 13.0. The Morgan fingerprint density at radius 1 is 0.958 bits per heavy atom. The zero-order valence-electron chi connectivity index (χ0n) is 14.0. The summed E-state index contributed by atoms with van der Waals surface area (Å²) in [6, 6.07) is 13.0. The van der Waals surface area contributed by atoms with Crippen LogP contribution < -0.4 is 13.8 Å². The third-order valence-corrected chi connectivity index (χ3v) is 6.70. The fourth-order valence-corrected chi connectivity index (χ4v) is 4.76. The number of hydrogen-bond acceptors (Lipinski definition) is 4. The van der Waals surface area contributed by atoms with E-state index in [0.29, 0.717) is 30.0 Å². The first-order valence-electron chi connectivity index (χ1n) is 7.74. The molecular weight excluding hydrogens is 326 g/mol. The molecule has 1 aliphatic rings. The molecule has 6 heteroatoms. The molecule has 2 aromatic rings. The number of rotatable bonds is 5. The number of nitrogens with zero attached hydrogens (tertiary/aromatic N) is 1. The Hall–Kier alpha value is -2.21. The van der Waals surface area contributed by atoms with Gasteiger partial charge in [-0.1, -0.05) is 24.3 Å². The minimum absolute atomic E-state index is 0.437. The van der Waals surface area contributed by atoms with Crippen molar-refractivity contribution in [2.75, 3.05) is 25.6 Å². The Labute approximate surface area is 142 Å².